The molecule has 0 fully saturated rings. The van der Waals surface area contributed by atoms with Crippen LogP contribution in [0.1, 0.15) is 47.5 Å². The van der Waals surface area contributed by atoms with Gasteiger partial charge in [-0.05, 0) is 25.7 Å². The summed E-state index contributed by atoms with van der Waals surface area (Å²) in [6, 6.07) is 0. The molecule has 0 aromatic rings. The second kappa shape index (κ2) is 4.76. The Bertz CT molecular complexity index is 93.0. The van der Waals surface area contributed by atoms with Crippen LogP contribution >= 0.6 is 0 Å². The van der Waals surface area contributed by atoms with E-state index in [0.717, 1.165) is 19.4 Å². The lowest BCUT2D eigenvalue weighted by molar-refractivity contribution is 0.306. The Labute approximate surface area is 71.6 Å². The van der Waals surface area contributed by atoms with Crippen LogP contribution in [0.25, 0.3) is 0 Å². The van der Waals surface area contributed by atoms with Crippen molar-refractivity contribution in [1.29, 1.82) is 0 Å². The van der Waals surface area contributed by atoms with Crippen LogP contribution < -0.4 is 5.32 Å². The van der Waals surface area contributed by atoms with Crippen LogP contribution in [-0.2, 0) is 0 Å². The Hall–Kier alpha value is -0.0400. The van der Waals surface area contributed by atoms with E-state index in [1.807, 2.05) is 0 Å². The van der Waals surface area contributed by atoms with Gasteiger partial charge in [0, 0.05) is 12.1 Å². The van der Waals surface area contributed by atoms with Gasteiger partial charge in [-0.2, -0.15) is 0 Å². The quantitative estimate of drug-likeness (QED) is 0.581. The summed E-state index contributed by atoms with van der Waals surface area (Å²) in [7, 11) is 0. The number of hydrogen-bond donors (Lipinski definition) is 0. The lowest BCUT2D eigenvalue weighted by Crippen LogP contribution is -2.36. The molecule has 0 bridgehead atoms. The molecule has 0 atom stereocenters. The van der Waals surface area contributed by atoms with Crippen molar-refractivity contribution in [2.75, 3.05) is 6.54 Å². The van der Waals surface area contributed by atoms with Crippen LogP contribution in [0, 0.1) is 5.92 Å². The van der Waals surface area contributed by atoms with Gasteiger partial charge in [0.2, 0.25) is 0 Å². The van der Waals surface area contributed by atoms with Crippen LogP contribution in [-0.4, -0.2) is 12.1 Å². The molecular weight excluding hydrogens is 134 g/mol. The maximum atomic E-state index is 4.69. The number of hydrogen-bond acceptors (Lipinski definition) is 0. The molecular formula is C10H22N. The fourth-order valence-electron chi connectivity index (χ4n) is 0.877. The molecule has 1 heteroatoms. The highest BCUT2D eigenvalue weighted by Crippen LogP contribution is 2.15. The zero-order chi connectivity index (χ0) is 8.91. The van der Waals surface area contributed by atoms with Crippen LogP contribution in [0.2, 0.25) is 0 Å². The zero-order valence-corrected chi connectivity index (χ0v) is 8.65. The smallest absolute Gasteiger partial charge is 0.0323 e. The van der Waals surface area contributed by atoms with Crippen molar-refractivity contribution in [3.8, 4) is 0 Å². The summed E-state index contributed by atoms with van der Waals surface area (Å²) < 4.78 is 0. The molecule has 0 aromatic heterocycles. The standard InChI is InChI=1S/C10H22N/c1-6-10(5,7-2)11-8-9(3)4/h9H,6-8H2,1-5H3. The molecule has 0 spiro atoms. The predicted molar refractivity (Wildman–Crippen MR) is 50.8 cm³/mol. The topological polar surface area (TPSA) is 14.1 Å². The zero-order valence-electron chi connectivity index (χ0n) is 8.65. The second-order valence-corrected chi connectivity index (χ2v) is 3.94. The van der Waals surface area contributed by atoms with E-state index in [1.165, 1.54) is 0 Å². The Balaban J connectivity index is 3.69. The Kier molecular flexibility index (Phi) is 4.74. The van der Waals surface area contributed by atoms with E-state index < -0.39 is 0 Å². The van der Waals surface area contributed by atoms with Crippen molar-refractivity contribution in [2.45, 2.75) is 53.0 Å². The lowest BCUT2D eigenvalue weighted by Gasteiger charge is -2.27. The first-order chi connectivity index (χ1) is 5.04. The molecule has 0 aliphatic rings. The number of nitrogens with zero attached hydrogens (tertiary/aromatic N) is 1. The fraction of sp³-hybridized carbons (Fsp3) is 1.00. The maximum Gasteiger partial charge on any atom is 0.0323 e. The van der Waals surface area contributed by atoms with Gasteiger partial charge in [0.1, 0.15) is 0 Å². The Morgan fingerprint density at radius 2 is 1.64 bits per heavy atom. The summed E-state index contributed by atoms with van der Waals surface area (Å²) in [5.41, 5.74) is 0.240. The molecule has 1 nitrogen and oxygen atoms in total. The molecule has 0 aromatic carbocycles. The summed E-state index contributed by atoms with van der Waals surface area (Å²) in [5, 5.41) is 4.69. The molecule has 0 saturated carbocycles. The van der Waals surface area contributed by atoms with Crippen molar-refractivity contribution >= 4 is 0 Å². The third kappa shape index (κ3) is 4.41. The highest BCUT2D eigenvalue weighted by molar-refractivity contribution is 4.79. The third-order valence-electron chi connectivity index (χ3n) is 2.36. The highest BCUT2D eigenvalue weighted by Gasteiger charge is 2.19. The van der Waals surface area contributed by atoms with E-state index in [-0.39, 0.29) is 5.54 Å². The van der Waals surface area contributed by atoms with Gasteiger partial charge in [0.05, 0.1) is 0 Å². The van der Waals surface area contributed by atoms with E-state index in [2.05, 4.69) is 34.6 Å². The highest BCUT2D eigenvalue weighted by atomic mass is 15.0. The predicted octanol–water partition coefficient (Wildman–Crippen LogP) is 2.83. The minimum Gasteiger partial charge on any atom is -0.235 e. The fourth-order valence-corrected chi connectivity index (χ4v) is 0.877. The molecule has 11 heavy (non-hydrogen) atoms. The van der Waals surface area contributed by atoms with Crippen molar-refractivity contribution in [3.63, 3.8) is 0 Å². The molecule has 1 radical (unpaired) electrons. The first-order valence-corrected chi connectivity index (χ1v) is 4.72. The second-order valence-electron chi connectivity index (χ2n) is 3.94. The van der Waals surface area contributed by atoms with Crippen molar-refractivity contribution < 1.29 is 0 Å². The maximum absolute atomic E-state index is 4.69. The van der Waals surface area contributed by atoms with E-state index in [1.54, 1.807) is 0 Å². The van der Waals surface area contributed by atoms with E-state index in [9.17, 15) is 0 Å². The van der Waals surface area contributed by atoms with Gasteiger partial charge in [-0.3, -0.25) is 0 Å². The van der Waals surface area contributed by atoms with Crippen LogP contribution in [0.5, 0.6) is 0 Å². The van der Waals surface area contributed by atoms with E-state index in [0.29, 0.717) is 5.92 Å². The first kappa shape index (κ1) is 11.0. The molecule has 0 saturated heterocycles. The largest absolute Gasteiger partial charge is 0.235 e. The minimum atomic E-state index is 0.240. The normalized spacial score (nSPS) is 12.5. The summed E-state index contributed by atoms with van der Waals surface area (Å²) in [4.78, 5) is 0. The van der Waals surface area contributed by atoms with Crippen molar-refractivity contribution in [2.24, 2.45) is 5.92 Å². The van der Waals surface area contributed by atoms with Crippen LogP contribution in [0.15, 0.2) is 0 Å². The van der Waals surface area contributed by atoms with Gasteiger partial charge >= 0.3 is 0 Å². The molecule has 67 valence electrons. The number of rotatable bonds is 5. The van der Waals surface area contributed by atoms with Gasteiger partial charge in [-0.25, -0.2) is 5.32 Å². The van der Waals surface area contributed by atoms with Crippen LogP contribution in [0.3, 0.4) is 0 Å². The summed E-state index contributed by atoms with van der Waals surface area (Å²) in [6.07, 6.45) is 2.33. The van der Waals surface area contributed by atoms with Gasteiger partial charge in [-0.15, -0.1) is 0 Å². The molecule has 0 aliphatic heterocycles. The Morgan fingerprint density at radius 1 is 1.18 bits per heavy atom. The monoisotopic (exact) mass is 156 g/mol. The average Bonchev–Trinajstić information content (AvgIpc) is 2.00. The average molecular weight is 156 g/mol. The van der Waals surface area contributed by atoms with Gasteiger partial charge in [0.25, 0.3) is 0 Å². The first-order valence-electron chi connectivity index (χ1n) is 4.72. The molecule has 0 heterocycles. The van der Waals surface area contributed by atoms with Crippen molar-refractivity contribution in [3.05, 3.63) is 0 Å². The summed E-state index contributed by atoms with van der Waals surface area (Å²) >= 11 is 0. The SMILES string of the molecule is CCC(C)(CC)[N]CC(C)C. The van der Waals surface area contributed by atoms with E-state index in [4.69, 9.17) is 5.32 Å². The molecule has 0 N–H and O–H groups in total. The van der Waals surface area contributed by atoms with E-state index >= 15 is 0 Å². The lowest BCUT2D eigenvalue weighted by atomic mass is 9.95. The van der Waals surface area contributed by atoms with Gasteiger partial charge in [-0.1, -0.05) is 27.7 Å². The third-order valence-corrected chi connectivity index (χ3v) is 2.36. The van der Waals surface area contributed by atoms with Crippen molar-refractivity contribution in [1.82, 2.24) is 5.32 Å². The van der Waals surface area contributed by atoms with Gasteiger partial charge in [0.15, 0.2) is 0 Å². The Morgan fingerprint density at radius 3 is 1.91 bits per heavy atom. The minimum absolute atomic E-state index is 0.240. The summed E-state index contributed by atoms with van der Waals surface area (Å²) in [5.74, 6) is 0.701. The molecule has 0 unspecified atom stereocenters. The van der Waals surface area contributed by atoms with Crippen LogP contribution in [0.4, 0.5) is 0 Å². The molecule has 0 rings (SSSR count). The summed E-state index contributed by atoms with van der Waals surface area (Å²) in [6.45, 7) is 12.1. The molecule has 0 aliphatic carbocycles. The molecule has 0 amide bonds. The van der Waals surface area contributed by atoms with Gasteiger partial charge < -0.3 is 0 Å².